The van der Waals surface area contributed by atoms with Crippen molar-refractivity contribution in [3.63, 3.8) is 0 Å². The summed E-state index contributed by atoms with van der Waals surface area (Å²) in [4.78, 5) is 110. The van der Waals surface area contributed by atoms with Gasteiger partial charge in [0.25, 0.3) is 11.5 Å². The maximum atomic E-state index is 14.1. The number of ether oxygens (including phenoxy) is 1. The number of carbonyl (C=O) groups excluding carboxylic acids is 6. The predicted molar refractivity (Wildman–Crippen MR) is 323 cm³/mol. The van der Waals surface area contributed by atoms with Gasteiger partial charge in [-0.15, -0.1) is 11.3 Å². The molecule has 0 spiro atoms. The van der Waals surface area contributed by atoms with Gasteiger partial charge < -0.3 is 55.7 Å². The number of carbonyl (C=O) groups is 6. The summed E-state index contributed by atoms with van der Waals surface area (Å²) < 4.78 is 5.70. The van der Waals surface area contributed by atoms with Gasteiger partial charge in [-0.3, -0.25) is 33.6 Å². The van der Waals surface area contributed by atoms with E-state index in [9.17, 15) is 38.7 Å². The van der Waals surface area contributed by atoms with Gasteiger partial charge in [0, 0.05) is 132 Å². The van der Waals surface area contributed by atoms with Gasteiger partial charge in [-0.2, -0.15) is 0 Å². The Morgan fingerprint density at radius 1 is 0.831 bits per heavy atom. The van der Waals surface area contributed by atoms with Crippen molar-refractivity contribution < 1.29 is 38.6 Å². The molecule has 3 aromatic carbocycles. The number of aryl methyl sites for hydroxylation is 3. The summed E-state index contributed by atoms with van der Waals surface area (Å²) in [6, 6.07) is 20.5. The first kappa shape index (κ1) is 61.6. The molecule has 0 bridgehead atoms. The molecule has 3 aliphatic rings. The van der Waals surface area contributed by atoms with E-state index < -0.39 is 29.5 Å². The number of aliphatic hydroxyl groups is 1. The van der Waals surface area contributed by atoms with E-state index in [2.05, 4.69) is 78.3 Å². The minimum Gasteiger partial charge on any atom is -0.391 e. The van der Waals surface area contributed by atoms with Gasteiger partial charge in [0.15, 0.2) is 0 Å². The summed E-state index contributed by atoms with van der Waals surface area (Å²) in [5.74, 6) is -1.89. The van der Waals surface area contributed by atoms with Crippen LogP contribution in [0.25, 0.3) is 21.6 Å². The highest BCUT2D eigenvalue weighted by Crippen LogP contribution is 2.35. The van der Waals surface area contributed by atoms with E-state index in [0.29, 0.717) is 56.9 Å². The number of aliphatic hydroxyl groups excluding tert-OH is 1. The van der Waals surface area contributed by atoms with Gasteiger partial charge in [0.1, 0.15) is 12.1 Å². The number of aromatic amines is 1. The number of hydrogen-bond acceptors (Lipinski definition) is 13. The molecule has 3 aliphatic heterocycles. The van der Waals surface area contributed by atoms with Gasteiger partial charge in [0.05, 0.1) is 22.2 Å². The minimum atomic E-state index is -0.980. The quantitative estimate of drug-likeness (QED) is 0.0434. The van der Waals surface area contributed by atoms with Crippen LogP contribution < -0.4 is 36.6 Å². The fourth-order valence-electron chi connectivity index (χ4n) is 11.4. The molecule has 20 heteroatoms. The summed E-state index contributed by atoms with van der Waals surface area (Å²) in [6.45, 7) is 20.1. The van der Waals surface area contributed by atoms with Crippen molar-refractivity contribution in [2.45, 2.75) is 138 Å². The Bertz CT molecular complexity index is 3180. The molecule has 2 aromatic heterocycles. The van der Waals surface area contributed by atoms with E-state index in [1.54, 1.807) is 21.7 Å². The van der Waals surface area contributed by atoms with E-state index in [1.165, 1.54) is 4.90 Å². The molecule has 83 heavy (non-hydrogen) atoms. The van der Waals surface area contributed by atoms with E-state index in [1.807, 2.05) is 84.9 Å². The second-order valence-electron chi connectivity index (χ2n) is 23.2. The van der Waals surface area contributed by atoms with E-state index in [4.69, 9.17) is 4.74 Å². The fraction of sp³-hybridized carbons (Fsp3) is 0.492. The van der Waals surface area contributed by atoms with Crippen LogP contribution in [-0.2, 0) is 41.8 Å². The van der Waals surface area contributed by atoms with Crippen molar-refractivity contribution >= 4 is 58.2 Å². The Morgan fingerprint density at radius 2 is 1.53 bits per heavy atom. The molecule has 0 saturated carbocycles. The maximum Gasteiger partial charge on any atom is 0.253 e. The number of nitrogens with zero attached hydrogens (tertiary/aromatic N) is 5. The maximum absolute atomic E-state index is 14.1. The van der Waals surface area contributed by atoms with Crippen molar-refractivity contribution in [3.8, 4) is 21.6 Å². The molecule has 3 atom stereocenters. The number of amides is 6. The number of β-amino-alcohol motifs (C(OH)–C–C–N with tert-alkyl or cyclic N) is 1. The predicted octanol–water partition coefficient (Wildman–Crippen LogP) is 6.47. The largest absolute Gasteiger partial charge is 0.391 e. The van der Waals surface area contributed by atoms with Crippen LogP contribution in [0.4, 0.5) is 11.4 Å². The highest BCUT2D eigenvalue weighted by molar-refractivity contribution is 7.13. The number of H-pyrrole nitrogens is 1. The summed E-state index contributed by atoms with van der Waals surface area (Å²) in [6.07, 6.45) is 1.34. The van der Waals surface area contributed by atoms with Crippen LogP contribution in [0.5, 0.6) is 0 Å². The first-order valence-corrected chi connectivity index (χ1v) is 30.0. The Labute approximate surface area is 491 Å². The Balaban J connectivity index is 0.780. The van der Waals surface area contributed by atoms with Crippen molar-refractivity contribution in [2.24, 2.45) is 5.41 Å². The lowest BCUT2D eigenvalue weighted by atomic mass is 9.85. The molecule has 3 saturated heterocycles. The van der Waals surface area contributed by atoms with Crippen molar-refractivity contribution in [1.29, 1.82) is 0 Å². The summed E-state index contributed by atoms with van der Waals surface area (Å²) in [5, 5.41) is 22.3. The van der Waals surface area contributed by atoms with Crippen LogP contribution in [0.3, 0.4) is 0 Å². The smallest absolute Gasteiger partial charge is 0.253 e. The number of piperazine rings is 1. The Hall–Kier alpha value is -7.42. The number of benzene rings is 3. The zero-order valence-corrected chi connectivity index (χ0v) is 50.1. The summed E-state index contributed by atoms with van der Waals surface area (Å²) in [5.41, 5.74) is 11.1. The van der Waals surface area contributed by atoms with Gasteiger partial charge >= 0.3 is 0 Å². The molecule has 5 aromatic rings. The fourth-order valence-corrected chi connectivity index (χ4v) is 12.2. The van der Waals surface area contributed by atoms with Crippen LogP contribution in [0.1, 0.15) is 117 Å². The zero-order valence-electron chi connectivity index (χ0n) is 49.3. The van der Waals surface area contributed by atoms with Crippen molar-refractivity contribution in [2.75, 3.05) is 68.8 Å². The molecule has 0 aliphatic carbocycles. The van der Waals surface area contributed by atoms with Crippen molar-refractivity contribution in [1.82, 2.24) is 41.0 Å². The second-order valence-corrected chi connectivity index (χ2v) is 24.1. The topological polar surface area (TPSA) is 239 Å². The molecule has 8 rings (SSSR count). The second kappa shape index (κ2) is 27.8. The first-order valence-electron chi connectivity index (χ1n) is 29.1. The number of likely N-dealkylation sites (tertiary alicyclic amines) is 1. The number of pyridine rings is 1. The van der Waals surface area contributed by atoms with Gasteiger partial charge in [0.2, 0.25) is 29.5 Å². The van der Waals surface area contributed by atoms with Crippen LogP contribution in [0, 0.1) is 33.1 Å². The van der Waals surface area contributed by atoms with Gasteiger partial charge in [-0.25, -0.2) is 4.98 Å². The number of aromatic nitrogens is 2. The third kappa shape index (κ3) is 15.6. The average molecular weight is 1160 g/mol. The third-order valence-electron chi connectivity index (χ3n) is 16.2. The van der Waals surface area contributed by atoms with E-state index >= 15 is 0 Å². The van der Waals surface area contributed by atoms with Crippen LogP contribution in [0.2, 0.25) is 0 Å². The number of thiazole rings is 1. The minimum absolute atomic E-state index is 0.00462. The number of hydrogen-bond donors (Lipinski definition) is 6. The van der Waals surface area contributed by atoms with Crippen molar-refractivity contribution in [3.05, 3.63) is 122 Å². The zero-order chi connectivity index (χ0) is 59.5. The highest BCUT2D eigenvalue weighted by Gasteiger charge is 2.44. The average Bonchev–Trinajstić information content (AvgIpc) is 4.29. The third-order valence-corrected chi connectivity index (χ3v) is 17.2. The lowest BCUT2D eigenvalue weighted by molar-refractivity contribution is -0.144. The molecule has 6 amide bonds. The number of anilines is 2. The highest BCUT2D eigenvalue weighted by atomic mass is 32.1. The van der Waals surface area contributed by atoms with E-state index in [0.717, 1.165) is 80.4 Å². The molecule has 5 heterocycles. The summed E-state index contributed by atoms with van der Waals surface area (Å²) in [7, 11) is 0. The molecular formula is C63H82N10O9S. The molecular weight excluding hydrogens is 1070 g/mol. The standard InChI is InChI=1S/C63H82N10O9S/c1-9-72(48-22-29-82-30-23-48)52-33-46(32-50(41(52)4)59(78)66-36-51-39(2)31-40(3)68-60(51)79)44-16-18-47(19-17-44)70-25-27-71(28-26-70)56(77)21-20-54(75)64-24-10-11-55(76)69-58(63(6,7)8)62(81)73-37-49(74)34-53(73)61(80)65-35-43-12-14-45(15-13-43)57-42(5)67-38-83-57/h12-19,31-33,38,48-49,53,58,74H,9-11,20-30,34-37H2,1-8H3,(H,64,75)(H,65,80)(H,66,78)(H,68,79)(H,69,76)/t49-,53-,58-/m1/s1. The molecule has 19 nitrogen and oxygen atoms in total. The molecule has 0 radical (unpaired) electrons. The lowest BCUT2D eigenvalue weighted by Crippen LogP contribution is -2.57. The molecule has 0 unspecified atom stereocenters. The van der Waals surface area contributed by atoms with Gasteiger partial charge in [-0.1, -0.05) is 57.2 Å². The van der Waals surface area contributed by atoms with Gasteiger partial charge in [-0.05, 0) is 123 Å². The van der Waals surface area contributed by atoms with E-state index in [-0.39, 0.29) is 93.0 Å². The molecule has 6 N–H and O–H groups in total. The number of rotatable bonds is 21. The molecule has 3 fully saturated rings. The number of nitrogens with one attached hydrogen (secondary N) is 5. The summed E-state index contributed by atoms with van der Waals surface area (Å²) >= 11 is 1.56. The first-order chi connectivity index (χ1) is 39.7. The van der Waals surface area contributed by atoms with Crippen LogP contribution in [-0.4, -0.2) is 144 Å². The van der Waals surface area contributed by atoms with Crippen LogP contribution >= 0.6 is 11.3 Å². The Morgan fingerprint density at radius 3 is 2.18 bits per heavy atom. The lowest BCUT2D eigenvalue weighted by Gasteiger charge is -2.37. The Kier molecular flexibility index (Phi) is 20.6. The normalized spacial score (nSPS) is 17.0. The van der Waals surface area contributed by atoms with Crippen LogP contribution in [0.15, 0.2) is 77.0 Å². The SMILES string of the molecule is CCN(c1cc(-c2ccc(N3CCN(C(=O)CCC(=O)NCCCC(=O)N[C@H](C(=O)N4C[C@H](O)C[C@@H]4C(=O)NCc4ccc(-c5scnc5C)cc4)C(C)(C)C)CC3)cc2)cc(C(=O)NCc2c(C)cc(C)[nH]c2=O)c1C)C1CCOCC1. The molecule has 444 valence electrons. The monoisotopic (exact) mass is 1150 g/mol.